The van der Waals surface area contributed by atoms with Crippen LogP contribution in [0.1, 0.15) is 16.4 Å². The highest BCUT2D eigenvalue weighted by Gasteiger charge is 2.15. The van der Waals surface area contributed by atoms with Crippen LogP contribution in [0.5, 0.6) is 0 Å². The van der Waals surface area contributed by atoms with E-state index in [1.165, 1.54) is 28.9 Å². The van der Waals surface area contributed by atoms with E-state index in [0.717, 1.165) is 29.6 Å². The number of hydrogen-bond donors (Lipinski definition) is 2. The molecule has 26 heavy (non-hydrogen) atoms. The van der Waals surface area contributed by atoms with E-state index in [-0.39, 0.29) is 12.3 Å². The zero-order chi connectivity index (χ0) is 18.4. The molecular formula is C16H18N6O2S2. The van der Waals surface area contributed by atoms with E-state index in [4.69, 9.17) is 4.74 Å². The van der Waals surface area contributed by atoms with Crippen LogP contribution in [0.3, 0.4) is 0 Å². The second kappa shape index (κ2) is 8.75. The summed E-state index contributed by atoms with van der Waals surface area (Å²) in [5.41, 5.74) is 7.16. The summed E-state index contributed by atoms with van der Waals surface area (Å²) >= 11 is 2.91. The molecule has 0 unspecified atom stereocenters. The second-order valence-corrected chi connectivity index (χ2v) is 7.25. The van der Waals surface area contributed by atoms with Gasteiger partial charge in [-0.05, 0) is 6.92 Å². The van der Waals surface area contributed by atoms with Crippen LogP contribution in [0.2, 0.25) is 0 Å². The van der Waals surface area contributed by atoms with Crippen molar-refractivity contribution < 1.29 is 9.53 Å². The van der Waals surface area contributed by atoms with Crippen LogP contribution in [-0.2, 0) is 16.0 Å². The molecule has 0 aromatic carbocycles. The normalized spacial score (nSPS) is 14.8. The number of anilines is 1. The van der Waals surface area contributed by atoms with Crippen LogP contribution < -0.4 is 15.8 Å². The number of nitriles is 1. The lowest BCUT2D eigenvalue weighted by atomic mass is 10.3. The van der Waals surface area contributed by atoms with Crippen LogP contribution in [-0.4, -0.2) is 42.2 Å². The van der Waals surface area contributed by atoms with Crippen molar-refractivity contribution in [2.45, 2.75) is 13.3 Å². The Labute approximate surface area is 159 Å². The number of nitrogens with one attached hydrogen (secondary N) is 2. The van der Waals surface area contributed by atoms with Crippen molar-refractivity contribution in [2.24, 2.45) is 0 Å². The van der Waals surface area contributed by atoms with E-state index in [0.29, 0.717) is 23.8 Å². The van der Waals surface area contributed by atoms with E-state index in [1.807, 2.05) is 17.7 Å². The molecule has 0 atom stereocenters. The first-order valence-corrected chi connectivity index (χ1v) is 9.76. The number of aryl methyl sites for hydroxylation is 1. The third-order valence-corrected chi connectivity index (χ3v) is 5.50. The Morgan fingerprint density at radius 3 is 2.88 bits per heavy atom. The third-order valence-electron chi connectivity index (χ3n) is 3.56. The Hall–Kier alpha value is -2.48. The number of hydrazine groups is 1. The summed E-state index contributed by atoms with van der Waals surface area (Å²) in [4.78, 5) is 23.0. The van der Waals surface area contributed by atoms with E-state index in [1.54, 1.807) is 0 Å². The fourth-order valence-corrected chi connectivity index (χ4v) is 3.94. The summed E-state index contributed by atoms with van der Waals surface area (Å²) in [5, 5.41) is 14.5. The van der Waals surface area contributed by atoms with Gasteiger partial charge in [0, 0.05) is 35.7 Å². The van der Waals surface area contributed by atoms with Gasteiger partial charge in [-0.1, -0.05) is 0 Å². The summed E-state index contributed by atoms with van der Waals surface area (Å²) in [5.74, 6) is -0.229. The number of carbonyl (C=O) groups excluding carboxylic acids is 1. The SMILES string of the molecule is Cc1csc(/C(C#N)=C/NNC(=O)Cc2csc(N3CCOCC3)n2)n1. The van der Waals surface area contributed by atoms with Crippen LogP contribution in [0.4, 0.5) is 5.13 Å². The van der Waals surface area contributed by atoms with Gasteiger partial charge in [-0.2, -0.15) is 5.26 Å². The van der Waals surface area contributed by atoms with Gasteiger partial charge in [-0.3, -0.25) is 10.2 Å². The average molecular weight is 390 g/mol. The fourth-order valence-electron chi connectivity index (χ4n) is 2.29. The predicted molar refractivity (Wildman–Crippen MR) is 101 cm³/mol. The van der Waals surface area contributed by atoms with Gasteiger partial charge in [-0.25, -0.2) is 9.97 Å². The zero-order valence-electron chi connectivity index (χ0n) is 14.2. The molecule has 3 rings (SSSR count). The molecular weight excluding hydrogens is 372 g/mol. The lowest BCUT2D eigenvalue weighted by Gasteiger charge is -2.26. The number of ether oxygens (including phenoxy) is 1. The van der Waals surface area contributed by atoms with Crippen LogP contribution in [0.25, 0.3) is 5.57 Å². The molecule has 0 saturated carbocycles. The summed E-state index contributed by atoms with van der Waals surface area (Å²) < 4.78 is 5.33. The van der Waals surface area contributed by atoms with Gasteiger partial charge in [0.2, 0.25) is 5.91 Å². The van der Waals surface area contributed by atoms with Crippen LogP contribution in [0, 0.1) is 18.3 Å². The first-order valence-electron chi connectivity index (χ1n) is 8.00. The minimum absolute atomic E-state index is 0.167. The molecule has 2 aromatic rings. The monoisotopic (exact) mass is 390 g/mol. The maximum Gasteiger partial charge on any atom is 0.244 e. The molecule has 10 heteroatoms. The van der Waals surface area contributed by atoms with Gasteiger partial charge in [0.15, 0.2) is 5.13 Å². The molecule has 1 aliphatic rings. The molecule has 136 valence electrons. The van der Waals surface area contributed by atoms with E-state index >= 15 is 0 Å². The molecule has 8 nitrogen and oxygen atoms in total. The number of aromatic nitrogens is 2. The van der Waals surface area contributed by atoms with E-state index in [9.17, 15) is 10.1 Å². The number of rotatable bonds is 6. The lowest BCUT2D eigenvalue weighted by Crippen LogP contribution is -2.36. The van der Waals surface area contributed by atoms with E-state index < -0.39 is 0 Å². The highest BCUT2D eigenvalue weighted by atomic mass is 32.1. The molecule has 2 N–H and O–H groups in total. The minimum atomic E-state index is -0.229. The van der Waals surface area contributed by atoms with Gasteiger partial charge in [0.1, 0.15) is 16.6 Å². The van der Waals surface area contributed by atoms with Gasteiger partial charge < -0.3 is 15.1 Å². The number of allylic oxidation sites excluding steroid dienone is 1. The number of morpholine rings is 1. The van der Waals surface area contributed by atoms with Crippen molar-refractivity contribution in [3.8, 4) is 6.07 Å². The number of thiazole rings is 2. The Bertz CT molecular complexity index is 832. The molecule has 1 fully saturated rings. The van der Waals surface area contributed by atoms with Crippen LogP contribution >= 0.6 is 22.7 Å². The van der Waals surface area contributed by atoms with Crippen molar-refractivity contribution in [1.82, 2.24) is 20.8 Å². The fraction of sp³-hybridized carbons (Fsp3) is 0.375. The highest BCUT2D eigenvalue weighted by Crippen LogP contribution is 2.21. The average Bonchev–Trinajstić information content (AvgIpc) is 3.29. The molecule has 1 aliphatic heterocycles. The summed E-state index contributed by atoms with van der Waals surface area (Å²) in [6.07, 6.45) is 1.61. The second-order valence-electron chi connectivity index (χ2n) is 5.55. The van der Waals surface area contributed by atoms with Gasteiger partial charge in [-0.15, -0.1) is 22.7 Å². The quantitative estimate of drug-likeness (QED) is 0.569. The number of hydrogen-bond acceptors (Lipinski definition) is 9. The smallest absolute Gasteiger partial charge is 0.244 e. The first-order chi connectivity index (χ1) is 12.7. The Kier molecular flexibility index (Phi) is 6.17. The van der Waals surface area contributed by atoms with Crippen molar-refractivity contribution in [3.05, 3.63) is 33.4 Å². The molecule has 0 bridgehead atoms. The molecule has 2 aromatic heterocycles. The topological polar surface area (TPSA) is 103 Å². The number of amides is 1. The minimum Gasteiger partial charge on any atom is -0.378 e. The number of nitrogens with zero attached hydrogens (tertiary/aromatic N) is 4. The summed E-state index contributed by atoms with van der Waals surface area (Å²) in [6, 6.07) is 2.06. The molecule has 1 amide bonds. The maximum atomic E-state index is 12.0. The van der Waals surface area contributed by atoms with E-state index in [2.05, 4.69) is 31.8 Å². The van der Waals surface area contributed by atoms with Crippen molar-refractivity contribution in [3.63, 3.8) is 0 Å². The highest BCUT2D eigenvalue weighted by molar-refractivity contribution is 7.13. The van der Waals surface area contributed by atoms with Gasteiger partial charge >= 0.3 is 0 Å². The Balaban J connectivity index is 1.50. The molecule has 0 radical (unpaired) electrons. The molecule has 0 aliphatic carbocycles. The standard InChI is InChI=1S/C16H18N6O2S2/c1-11-9-25-15(19-11)12(7-17)8-18-21-14(23)6-13-10-26-16(20-13)22-2-4-24-5-3-22/h8-10,18H,2-6H2,1H3,(H,21,23)/b12-8+. The summed E-state index contributed by atoms with van der Waals surface area (Å²) in [6.45, 7) is 4.90. The molecule has 1 saturated heterocycles. The van der Waals surface area contributed by atoms with Gasteiger partial charge in [0.05, 0.1) is 25.3 Å². The van der Waals surface area contributed by atoms with Crippen LogP contribution in [0.15, 0.2) is 17.0 Å². The van der Waals surface area contributed by atoms with Gasteiger partial charge in [0.25, 0.3) is 0 Å². The molecule has 0 spiro atoms. The first kappa shape index (κ1) is 18.3. The third kappa shape index (κ3) is 4.78. The summed E-state index contributed by atoms with van der Waals surface area (Å²) in [7, 11) is 0. The van der Waals surface area contributed by atoms with Crippen molar-refractivity contribution in [2.75, 3.05) is 31.2 Å². The maximum absolute atomic E-state index is 12.0. The predicted octanol–water partition coefficient (Wildman–Crippen LogP) is 1.47. The zero-order valence-corrected chi connectivity index (χ0v) is 15.8. The lowest BCUT2D eigenvalue weighted by molar-refractivity contribution is -0.121. The Morgan fingerprint density at radius 2 is 2.19 bits per heavy atom. The Morgan fingerprint density at radius 1 is 1.38 bits per heavy atom. The largest absolute Gasteiger partial charge is 0.378 e. The van der Waals surface area contributed by atoms with Crippen molar-refractivity contribution in [1.29, 1.82) is 5.26 Å². The van der Waals surface area contributed by atoms with Crippen molar-refractivity contribution >= 4 is 39.3 Å². The molecule has 3 heterocycles. The number of carbonyl (C=O) groups is 1.